The van der Waals surface area contributed by atoms with Crippen LogP contribution in [0.5, 0.6) is 11.5 Å². The van der Waals surface area contributed by atoms with E-state index in [1.165, 1.54) is 19.3 Å². The van der Waals surface area contributed by atoms with Crippen LogP contribution in [-0.2, 0) is 4.79 Å². The molecule has 0 spiro atoms. The number of hydrogen-bond donors (Lipinski definition) is 1. The van der Waals surface area contributed by atoms with Crippen molar-refractivity contribution < 1.29 is 23.6 Å². The summed E-state index contributed by atoms with van der Waals surface area (Å²) in [5, 5.41) is 13.2. The molecular formula is C18H17FN2O5. The van der Waals surface area contributed by atoms with Gasteiger partial charge in [-0.05, 0) is 42.8 Å². The summed E-state index contributed by atoms with van der Waals surface area (Å²) < 4.78 is 23.9. The first-order chi connectivity index (χ1) is 12.4. The van der Waals surface area contributed by atoms with Crippen molar-refractivity contribution in [1.29, 1.82) is 0 Å². The lowest BCUT2D eigenvalue weighted by molar-refractivity contribution is -0.387. The van der Waals surface area contributed by atoms with E-state index >= 15 is 0 Å². The van der Waals surface area contributed by atoms with Gasteiger partial charge < -0.3 is 14.8 Å². The molecule has 136 valence electrons. The molecule has 8 heteroatoms. The number of rotatable bonds is 7. The van der Waals surface area contributed by atoms with E-state index in [9.17, 15) is 19.3 Å². The number of ether oxygens (including phenoxy) is 2. The van der Waals surface area contributed by atoms with Crippen LogP contribution in [0, 0.1) is 15.9 Å². The minimum atomic E-state index is -0.968. The van der Waals surface area contributed by atoms with E-state index in [2.05, 4.69) is 5.32 Å². The van der Waals surface area contributed by atoms with Crippen molar-refractivity contribution in [1.82, 2.24) is 0 Å². The zero-order chi connectivity index (χ0) is 19.1. The predicted octanol–water partition coefficient (Wildman–Crippen LogP) is 3.79. The number of methoxy groups -OCH3 is 1. The topological polar surface area (TPSA) is 90.7 Å². The summed E-state index contributed by atoms with van der Waals surface area (Å²) in [6.45, 7) is 2.36. The number of carbonyl (C=O) groups excluding carboxylic acids is 1. The standard InChI is InChI=1S/C18H17FN2O5/c1-3-26-16-8-4-12(10-17(16)25-2)5-9-18(22)20-13-6-7-14(19)15(11-13)21(23)24/h4-11H,3H2,1-2H3,(H,20,22)/b9-5+. The van der Waals surface area contributed by atoms with Crippen molar-refractivity contribution in [3.05, 3.63) is 64.0 Å². The lowest BCUT2D eigenvalue weighted by Gasteiger charge is -2.09. The second-order valence-electron chi connectivity index (χ2n) is 5.09. The Labute approximate surface area is 149 Å². The summed E-state index contributed by atoms with van der Waals surface area (Å²) in [6.07, 6.45) is 2.80. The molecule has 0 atom stereocenters. The molecule has 0 aliphatic rings. The Bertz CT molecular complexity index is 851. The number of benzene rings is 2. The fourth-order valence-corrected chi connectivity index (χ4v) is 2.15. The number of nitrogens with zero attached hydrogens (tertiary/aromatic N) is 1. The Morgan fingerprint density at radius 2 is 2.04 bits per heavy atom. The quantitative estimate of drug-likeness (QED) is 0.461. The lowest BCUT2D eigenvalue weighted by atomic mass is 10.2. The molecule has 0 fully saturated rings. The van der Waals surface area contributed by atoms with E-state index in [1.54, 1.807) is 24.3 Å². The van der Waals surface area contributed by atoms with Gasteiger partial charge in [0.15, 0.2) is 11.5 Å². The maximum absolute atomic E-state index is 13.3. The average Bonchev–Trinajstić information content (AvgIpc) is 2.62. The molecule has 0 unspecified atom stereocenters. The van der Waals surface area contributed by atoms with E-state index in [0.717, 1.165) is 12.1 Å². The number of hydrogen-bond acceptors (Lipinski definition) is 5. The summed E-state index contributed by atoms with van der Waals surface area (Å²) in [4.78, 5) is 21.8. The number of nitro benzene ring substituents is 1. The highest BCUT2D eigenvalue weighted by Crippen LogP contribution is 2.28. The fraction of sp³-hybridized carbons (Fsp3) is 0.167. The van der Waals surface area contributed by atoms with Gasteiger partial charge >= 0.3 is 5.69 Å². The van der Waals surface area contributed by atoms with Crippen LogP contribution in [0.4, 0.5) is 15.8 Å². The highest BCUT2D eigenvalue weighted by atomic mass is 19.1. The van der Waals surface area contributed by atoms with Crippen molar-refractivity contribution >= 4 is 23.4 Å². The highest BCUT2D eigenvalue weighted by molar-refractivity contribution is 6.02. The van der Waals surface area contributed by atoms with Crippen LogP contribution in [0.15, 0.2) is 42.5 Å². The van der Waals surface area contributed by atoms with E-state index in [0.29, 0.717) is 23.7 Å². The van der Waals surface area contributed by atoms with Crippen LogP contribution in [0.25, 0.3) is 6.08 Å². The molecule has 2 aromatic rings. The Hall–Kier alpha value is -3.42. The predicted molar refractivity (Wildman–Crippen MR) is 94.9 cm³/mol. The maximum Gasteiger partial charge on any atom is 0.306 e. The normalized spacial score (nSPS) is 10.6. The minimum Gasteiger partial charge on any atom is -0.493 e. The number of nitrogens with one attached hydrogen (secondary N) is 1. The van der Waals surface area contributed by atoms with Crippen LogP contribution >= 0.6 is 0 Å². The van der Waals surface area contributed by atoms with Crippen LogP contribution < -0.4 is 14.8 Å². The van der Waals surface area contributed by atoms with Crippen molar-refractivity contribution in [3.8, 4) is 11.5 Å². The SMILES string of the molecule is CCOc1ccc(/C=C/C(=O)Nc2ccc(F)c([N+](=O)[O-])c2)cc1OC. The van der Waals surface area contributed by atoms with E-state index in [4.69, 9.17) is 9.47 Å². The highest BCUT2D eigenvalue weighted by Gasteiger charge is 2.14. The van der Waals surface area contributed by atoms with Gasteiger partial charge in [-0.25, -0.2) is 0 Å². The third-order valence-electron chi connectivity index (χ3n) is 3.33. The summed E-state index contributed by atoms with van der Waals surface area (Å²) in [5.41, 5.74) is 0.116. The fourth-order valence-electron chi connectivity index (χ4n) is 2.15. The molecule has 2 aromatic carbocycles. The number of anilines is 1. The van der Waals surface area contributed by atoms with Crippen LogP contribution in [0.1, 0.15) is 12.5 Å². The molecule has 0 saturated carbocycles. The van der Waals surface area contributed by atoms with E-state index < -0.39 is 22.3 Å². The van der Waals surface area contributed by atoms with Gasteiger partial charge in [0.25, 0.3) is 0 Å². The number of nitro groups is 1. The number of carbonyl (C=O) groups is 1. The first-order valence-electron chi connectivity index (χ1n) is 7.68. The number of halogens is 1. The van der Waals surface area contributed by atoms with Crippen molar-refractivity contribution in [2.24, 2.45) is 0 Å². The molecule has 0 radical (unpaired) electrons. The molecule has 1 amide bonds. The van der Waals surface area contributed by atoms with Gasteiger partial charge in [0, 0.05) is 17.8 Å². The molecular weight excluding hydrogens is 343 g/mol. The summed E-state index contributed by atoms with van der Waals surface area (Å²) >= 11 is 0. The van der Waals surface area contributed by atoms with Gasteiger partial charge in [-0.3, -0.25) is 14.9 Å². The zero-order valence-electron chi connectivity index (χ0n) is 14.2. The van der Waals surface area contributed by atoms with Crippen molar-refractivity contribution in [2.45, 2.75) is 6.92 Å². The van der Waals surface area contributed by atoms with Gasteiger partial charge in [0.05, 0.1) is 18.6 Å². The second kappa shape index (κ2) is 8.61. The summed E-state index contributed by atoms with van der Waals surface area (Å²) in [7, 11) is 1.51. The molecule has 0 aromatic heterocycles. The van der Waals surface area contributed by atoms with Crippen LogP contribution in [-0.4, -0.2) is 24.5 Å². The molecule has 2 rings (SSSR count). The molecule has 0 heterocycles. The van der Waals surface area contributed by atoms with E-state index in [-0.39, 0.29) is 5.69 Å². The third-order valence-corrected chi connectivity index (χ3v) is 3.33. The van der Waals surface area contributed by atoms with Crippen LogP contribution in [0.3, 0.4) is 0 Å². The van der Waals surface area contributed by atoms with Gasteiger partial charge in [0.1, 0.15) is 0 Å². The second-order valence-corrected chi connectivity index (χ2v) is 5.09. The molecule has 26 heavy (non-hydrogen) atoms. The smallest absolute Gasteiger partial charge is 0.306 e. The zero-order valence-corrected chi connectivity index (χ0v) is 14.2. The van der Waals surface area contributed by atoms with Crippen molar-refractivity contribution in [3.63, 3.8) is 0 Å². The Kier molecular flexibility index (Phi) is 6.26. The number of amides is 1. The molecule has 1 N–H and O–H groups in total. The average molecular weight is 360 g/mol. The Morgan fingerprint density at radius 1 is 1.27 bits per heavy atom. The van der Waals surface area contributed by atoms with E-state index in [1.807, 2.05) is 6.92 Å². The lowest BCUT2D eigenvalue weighted by Crippen LogP contribution is -2.08. The van der Waals surface area contributed by atoms with Gasteiger partial charge in [-0.1, -0.05) is 6.07 Å². The summed E-state index contributed by atoms with van der Waals surface area (Å²) in [6, 6.07) is 8.31. The molecule has 0 saturated heterocycles. The van der Waals surface area contributed by atoms with Crippen LogP contribution in [0.2, 0.25) is 0 Å². The maximum atomic E-state index is 13.3. The van der Waals surface area contributed by atoms with Gasteiger partial charge in [0.2, 0.25) is 11.7 Å². The minimum absolute atomic E-state index is 0.122. The monoisotopic (exact) mass is 360 g/mol. The molecule has 0 bridgehead atoms. The largest absolute Gasteiger partial charge is 0.493 e. The molecule has 7 nitrogen and oxygen atoms in total. The van der Waals surface area contributed by atoms with Crippen molar-refractivity contribution in [2.75, 3.05) is 19.0 Å². The molecule has 0 aliphatic heterocycles. The Morgan fingerprint density at radius 3 is 2.69 bits per heavy atom. The Balaban J connectivity index is 2.10. The van der Waals surface area contributed by atoms with Gasteiger partial charge in [-0.15, -0.1) is 0 Å². The first kappa shape index (κ1) is 18.9. The summed E-state index contributed by atoms with van der Waals surface area (Å²) in [5.74, 6) is -0.359. The molecule has 0 aliphatic carbocycles. The first-order valence-corrected chi connectivity index (χ1v) is 7.68. The third kappa shape index (κ3) is 4.79. The van der Waals surface area contributed by atoms with Gasteiger partial charge in [-0.2, -0.15) is 4.39 Å².